The zero-order valence-electron chi connectivity index (χ0n) is 11.5. The van der Waals surface area contributed by atoms with E-state index in [9.17, 15) is 4.79 Å². The van der Waals surface area contributed by atoms with Gasteiger partial charge in [0.25, 0.3) is 5.91 Å². The minimum Gasteiger partial charge on any atom is -0.370 e. The first-order valence-corrected chi connectivity index (χ1v) is 8.67. The van der Waals surface area contributed by atoms with Gasteiger partial charge in [0.05, 0.1) is 18.2 Å². The molecular weight excluding hydrogens is 306 g/mol. The molecule has 21 heavy (non-hydrogen) atoms. The van der Waals surface area contributed by atoms with E-state index in [0.717, 1.165) is 17.0 Å². The molecule has 0 saturated carbocycles. The van der Waals surface area contributed by atoms with Gasteiger partial charge >= 0.3 is 0 Å². The Hall–Kier alpha value is -1.28. The fourth-order valence-electron chi connectivity index (χ4n) is 2.30. The average molecular weight is 323 g/mol. The van der Waals surface area contributed by atoms with E-state index in [1.807, 2.05) is 21.7 Å². The fraction of sp³-hybridized carbons (Fsp3) is 0.429. The Labute approximate surface area is 131 Å². The van der Waals surface area contributed by atoms with Crippen molar-refractivity contribution >= 4 is 28.6 Å². The summed E-state index contributed by atoms with van der Waals surface area (Å²) in [7, 11) is 0. The largest absolute Gasteiger partial charge is 0.370 e. The Morgan fingerprint density at radius 3 is 3.19 bits per heavy atom. The lowest BCUT2D eigenvalue weighted by Crippen LogP contribution is -2.42. The minimum absolute atomic E-state index is 0.0157. The molecule has 0 radical (unpaired) electrons. The van der Waals surface area contributed by atoms with Gasteiger partial charge in [-0.05, 0) is 28.9 Å². The molecular formula is C14H17N3O2S2. The molecule has 0 aromatic carbocycles. The molecule has 2 aromatic rings. The molecule has 1 aliphatic rings. The normalized spacial score (nSPS) is 18.9. The minimum atomic E-state index is -0.0314. The van der Waals surface area contributed by atoms with Gasteiger partial charge in [0, 0.05) is 18.3 Å². The van der Waals surface area contributed by atoms with Gasteiger partial charge in [-0.25, -0.2) is 4.98 Å². The van der Waals surface area contributed by atoms with E-state index < -0.39 is 0 Å². The van der Waals surface area contributed by atoms with Crippen molar-refractivity contribution in [1.29, 1.82) is 0 Å². The van der Waals surface area contributed by atoms with Crippen LogP contribution in [0.3, 0.4) is 0 Å². The molecule has 7 heteroatoms. The highest BCUT2D eigenvalue weighted by Gasteiger charge is 2.27. The number of nitrogens with two attached hydrogens (primary N) is 1. The second-order valence-electron chi connectivity index (χ2n) is 4.83. The van der Waals surface area contributed by atoms with E-state index in [1.54, 1.807) is 11.3 Å². The molecule has 1 aliphatic heterocycles. The van der Waals surface area contributed by atoms with Gasteiger partial charge in [-0.1, -0.05) is 0 Å². The van der Waals surface area contributed by atoms with Crippen LogP contribution < -0.4 is 5.73 Å². The molecule has 3 rings (SSSR count). The Kier molecular flexibility index (Phi) is 4.64. The maximum Gasteiger partial charge on any atom is 0.273 e. The number of morpholine rings is 1. The number of carbonyl (C=O) groups excluding carboxylic acids is 1. The van der Waals surface area contributed by atoms with Crippen molar-refractivity contribution in [2.75, 3.05) is 26.2 Å². The summed E-state index contributed by atoms with van der Waals surface area (Å²) in [6.07, 6.45) is 0.689. The first-order chi connectivity index (χ1) is 10.3. The number of amides is 1. The van der Waals surface area contributed by atoms with Crippen molar-refractivity contribution in [3.63, 3.8) is 0 Å². The van der Waals surface area contributed by atoms with Gasteiger partial charge < -0.3 is 15.4 Å². The number of nitrogens with zero attached hydrogens (tertiary/aromatic N) is 2. The lowest BCUT2D eigenvalue weighted by molar-refractivity contribution is -0.0228. The summed E-state index contributed by atoms with van der Waals surface area (Å²) in [6.45, 7) is 2.31. The molecule has 1 atom stereocenters. The van der Waals surface area contributed by atoms with Gasteiger partial charge in [0.15, 0.2) is 0 Å². The highest BCUT2D eigenvalue weighted by molar-refractivity contribution is 7.09. The topological polar surface area (TPSA) is 68.5 Å². The summed E-state index contributed by atoms with van der Waals surface area (Å²) >= 11 is 3.14. The van der Waals surface area contributed by atoms with E-state index in [-0.39, 0.29) is 12.0 Å². The molecule has 0 spiro atoms. The third kappa shape index (κ3) is 3.32. The van der Waals surface area contributed by atoms with E-state index in [1.165, 1.54) is 11.3 Å². The number of hydrogen-bond donors (Lipinski definition) is 1. The smallest absolute Gasteiger partial charge is 0.273 e. The van der Waals surface area contributed by atoms with Crippen molar-refractivity contribution in [3.8, 4) is 0 Å². The Morgan fingerprint density at radius 2 is 2.43 bits per heavy atom. The fourth-order valence-corrected chi connectivity index (χ4v) is 3.79. The second-order valence-corrected chi connectivity index (χ2v) is 6.56. The molecule has 1 amide bonds. The zero-order valence-corrected chi connectivity index (χ0v) is 13.2. The van der Waals surface area contributed by atoms with Gasteiger partial charge in [-0.15, -0.1) is 11.3 Å². The SMILES string of the molecule is NCCc1nc(C(=O)N2CCOC(c3ccsc3)C2)cs1. The lowest BCUT2D eigenvalue weighted by atomic mass is 10.1. The molecule has 2 N–H and O–H groups in total. The first-order valence-electron chi connectivity index (χ1n) is 6.85. The number of rotatable bonds is 4. The van der Waals surface area contributed by atoms with E-state index in [4.69, 9.17) is 10.5 Å². The van der Waals surface area contributed by atoms with E-state index >= 15 is 0 Å². The van der Waals surface area contributed by atoms with Crippen molar-refractivity contribution in [3.05, 3.63) is 38.5 Å². The van der Waals surface area contributed by atoms with Crippen molar-refractivity contribution in [1.82, 2.24) is 9.88 Å². The first kappa shape index (κ1) is 14.6. The molecule has 1 fully saturated rings. The van der Waals surface area contributed by atoms with Crippen LogP contribution in [0.2, 0.25) is 0 Å². The Balaban J connectivity index is 1.68. The predicted octanol–water partition coefficient (Wildman–Crippen LogP) is 1.92. The van der Waals surface area contributed by atoms with Crippen LogP contribution in [0.1, 0.15) is 27.2 Å². The summed E-state index contributed by atoms with van der Waals surface area (Å²) in [4.78, 5) is 18.7. The van der Waals surface area contributed by atoms with Crippen molar-refractivity contribution in [2.24, 2.45) is 5.73 Å². The summed E-state index contributed by atoms with van der Waals surface area (Å²) in [5, 5.41) is 6.84. The van der Waals surface area contributed by atoms with Crippen LogP contribution in [-0.4, -0.2) is 42.0 Å². The zero-order chi connectivity index (χ0) is 14.7. The summed E-state index contributed by atoms with van der Waals surface area (Å²) in [5.74, 6) is -0.0157. The van der Waals surface area contributed by atoms with Gasteiger partial charge in [0.1, 0.15) is 11.8 Å². The third-order valence-corrected chi connectivity index (χ3v) is 5.01. The molecule has 0 bridgehead atoms. The third-order valence-electron chi connectivity index (χ3n) is 3.40. The molecule has 112 valence electrons. The van der Waals surface area contributed by atoms with Gasteiger partial charge in [0.2, 0.25) is 0 Å². The van der Waals surface area contributed by atoms with Crippen LogP contribution in [0.15, 0.2) is 22.2 Å². The molecule has 5 nitrogen and oxygen atoms in total. The van der Waals surface area contributed by atoms with Gasteiger partial charge in [-0.3, -0.25) is 4.79 Å². The average Bonchev–Trinajstić information content (AvgIpc) is 3.18. The van der Waals surface area contributed by atoms with Crippen LogP contribution in [0.25, 0.3) is 0 Å². The number of thiazole rings is 1. The number of thiophene rings is 1. The predicted molar refractivity (Wildman–Crippen MR) is 83.8 cm³/mol. The monoisotopic (exact) mass is 323 g/mol. The van der Waals surface area contributed by atoms with E-state index in [2.05, 4.69) is 10.4 Å². The Morgan fingerprint density at radius 1 is 1.52 bits per heavy atom. The number of aromatic nitrogens is 1. The highest BCUT2D eigenvalue weighted by atomic mass is 32.1. The maximum absolute atomic E-state index is 12.5. The standard InChI is InChI=1S/C14H17N3O2S2/c15-3-1-13-16-11(9-21-13)14(18)17-4-5-19-12(7-17)10-2-6-20-8-10/h2,6,8-9,12H,1,3-5,7,15H2. The van der Waals surface area contributed by atoms with Crippen LogP contribution in [-0.2, 0) is 11.2 Å². The molecule has 3 heterocycles. The quantitative estimate of drug-likeness (QED) is 0.933. The second kappa shape index (κ2) is 6.65. The Bertz CT molecular complexity index is 597. The van der Waals surface area contributed by atoms with Crippen molar-refractivity contribution in [2.45, 2.75) is 12.5 Å². The summed E-state index contributed by atoms with van der Waals surface area (Å²) < 4.78 is 5.76. The van der Waals surface area contributed by atoms with Crippen LogP contribution in [0.5, 0.6) is 0 Å². The summed E-state index contributed by atoms with van der Waals surface area (Å²) in [6, 6.07) is 2.05. The number of ether oxygens (including phenoxy) is 1. The molecule has 1 unspecified atom stereocenters. The van der Waals surface area contributed by atoms with Crippen LogP contribution in [0.4, 0.5) is 0 Å². The maximum atomic E-state index is 12.5. The highest BCUT2D eigenvalue weighted by Crippen LogP contribution is 2.25. The van der Waals surface area contributed by atoms with E-state index in [0.29, 0.717) is 31.9 Å². The number of carbonyl (C=O) groups is 1. The van der Waals surface area contributed by atoms with Crippen LogP contribution >= 0.6 is 22.7 Å². The molecule has 2 aromatic heterocycles. The number of hydrogen-bond acceptors (Lipinski definition) is 6. The lowest BCUT2D eigenvalue weighted by Gasteiger charge is -2.32. The van der Waals surface area contributed by atoms with Crippen molar-refractivity contribution < 1.29 is 9.53 Å². The van der Waals surface area contributed by atoms with Gasteiger partial charge in [-0.2, -0.15) is 11.3 Å². The summed E-state index contributed by atoms with van der Waals surface area (Å²) in [5.41, 5.74) is 7.18. The van der Waals surface area contributed by atoms with Crippen LogP contribution in [0, 0.1) is 0 Å². The molecule has 0 aliphatic carbocycles. The molecule has 1 saturated heterocycles.